The van der Waals surface area contributed by atoms with Crippen LogP contribution < -0.4 is 0 Å². The molecule has 1 nitrogen and oxygen atoms in total. The molecule has 1 rings (SSSR count). The van der Waals surface area contributed by atoms with Crippen molar-refractivity contribution in [3.8, 4) is 0 Å². The van der Waals surface area contributed by atoms with Gasteiger partial charge in [0.15, 0.2) is 0 Å². The standard InChI is InChI=1S/C9H9FO/c1-2-9(11)7-4-3-5-8(10)6-7/h2-6,9,11H,1H2. The minimum atomic E-state index is -0.773. The lowest BCUT2D eigenvalue weighted by Crippen LogP contribution is -1.92. The summed E-state index contributed by atoms with van der Waals surface area (Å²) in [5.41, 5.74) is 0.528. The molecule has 0 saturated heterocycles. The van der Waals surface area contributed by atoms with Crippen LogP contribution in [-0.2, 0) is 0 Å². The van der Waals surface area contributed by atoms with E-state index in [1.165, 1.54) is 18.2 Å². The predicted molar refractivity (Wildman–Crippen MR) is 41.6 cm³/mol. The molecule has 0 aromatic heterocycles. The number of hydrogen-bond donors (Lipinski definition) is 1. The molecule has 0 bridgehead atoms. The maximum atomic E-state index is 12.5. The number of rotatable bonds is 2. The van der Waals surface area contributed by atoms with Crippen LogP contribution in [0.25, 0.3) is 0 Å². The largest absolute Gasteiger partial charge is 0.384 e. The Kier molecular flexibility index (Phi) is 2.39. The highest BCUT2D eigenvalue weighted by Crippen LogP contribution is 2.13. The van der Waals surface area contributed by atoms with Crippen molar-refractivity contribution in [1.29, 1.82) is 0 Å². The minimum Gasteiger partial charge on any atom is -0.384 e. The Hall–Kier alpha value is -1.15. The molecule has 2 heteroatoms. The summed E-state index contributed by atoms with van der Waals surface area (Å²) < 4.78 is 12.5. The molecule has 58 valence electrons. The average molecular weight is 152 g/mol. The van der Waals surface area contributed by atoms with Crippen LogP contribution in [0.1, 0.15) is 11.7 Å². The van der Waals surface area contributed by atoms with Crippen LogP contribution in [0, 0.1) is 5.82 Å². The first-order valence-corrected chi connectivity index (χ1v) is 3.30. The van der Waals surface area contributed by atoms with E-state index in [1.807, 2.05) is 0 Å². The average Bonchev–Trinajstić information content (AvgIpc) is 2.03. The van der Waals surface area contributed by atoms with E-state index in [1.54, 1.807) is 12.1 Å². The number of hydrogen-bond acceptors (Lipinski definition) is 1. The van der Waals surface area contributed by atoms with Crippen molar-refractivity contribution >= 4 is 0 Å². The van der Waals surface area contributed by atoms with Gasteiger partial charge >= 0.3 is 0 Å². The van der Waals surface area contributed by atoms with Gasteiger partial charge in [0.25, 0.3) is 0 Å². The third-order valence-corrected chi connectivity index (χ3v) is 1.41. The molecule has 0 aliphatic carbocycles. The van der Waals surface area contributed by atoms with E-state index < -0.39 is 6.10 Å². The van der Waals surface area contributed by atoms with Crippen molar-refractivity contribution in [2.24, 2.45) is 0 Å². The van der Waals surface area contributed by atoms with Crippen molar-refractivity contribution in [2.45, 2.75) is 6.10 Å². The minimum absolute atomic E-state index is 0.344. The van der Waals surface area contributed by atoms with Crippen molar-refractivity contribution in [2.75, 3.05) is 0 Å². The van der Waals surface area contributed by atoms with Crippen molar-refractivity contribution in [3.05, 3.63) is 48.3 Å². The monoisotopic (exact) mass is 152 g/mol. The number of aliphatic hydroxyl groups is 1. The molecule has 1 aromatic carbocycles. The fraction of sp³-hybridized carbons (Fsp3) is 0.111. The molecule has 0 heterocycles. The van der Waals surface area contributed by atoms with Gasteiger partial charge in [0.2, 0.25) is 0 Å². The van der Waals surface area contributed by atoms with Gasteiger partial charge in [0, 0.05) is 0 Å². The van der Waals surface area contributed by atoms with Crippen LogP contribution in [-0.4, -0.2) is 5.11 Å². The van der Waals surface area contributed by atoms with E-state index in [2.05, 4.69) is 6.58 Å². The lowest BCUT2D eigenvalue weighted by molar-refractivity contribution is 0.228. The Morgan fingerprint density at radius 2 is 2.27 bits per heavy atom. The van der Waals surface area contributed by atoms with Crippen LogP contribution >= 0.6 is 0 Å². The lowest BCUT2D eigenvalue weighted by atomic mass is 10.1. The molecule has 0 aliphatic rings. The molecule has 0 spiro atoms. The van der Waals surface area contributed by atoms with E-state index in [0.717, 1.165) is 0 Å². The van der Waals surface area contributed by atoms with Crippen molar-refractivity contribution < 1.29 is 9.50 Å². The second-order valence-electron chi connectivity index (χ2n) is 2.24. The smallest absolute Gasteiger partial charge is 0.123 e. The van der Waals surface area contributed by atoms with Gasteiger partial charge in [-0.05, 0) is 17.7 Å². The lowest BCUT2D eigenvalue weighted by Gasteiger charge is -2.03. The zero-order valence-electron chi connectivity index (χ0n) is 6.00. The topological polar surface area (TPSA) is 20.2 Å². The van der Waals surface area contributed by atoms with E-state index >= 15 is 0 Å². The predicted octanol–water partition coefficient (Wildman–Crippen LogP) is 2.05. The number of aliphatic hydroxyl groups excluding tert-OH is 1. The van der Waals surface area contributed by atoms with Gasteiger partial charge in [-0.3, -0.25) is 0 Å². The van der Waals surface area contributed by atoms with Gasteiger partial charge in [-0.15, -0.1) is 6.58 Å². The van der Waals surface area contributed by atoms with Crippen LogP contribution in [0.3, 0.4) is 0 Å². The molecule has 0 amide bonds. The third kappa shape index (κ3) is 1.88. The summed E-state index contributed by atoms with van der Waals surface area (Å²) >= 11 is 0. The SMILES string of the molecule is C=CC(O)c1cccc(F)c1. The highest BCUT2D eigenvalue weighted by atomic mass is 19.1. The van der Waals surface area contributed by atoms with E-state index in [0.29, 0.717) is 5.56 Å². The normalized spacial score (nSPS) is 12.5. The molecule has 1 aromatic rings. The molecule has 0 radical (unpaired) electrons. The fourth-order valence-corrected chi connectivity index (χ4v) is 0.827. The molecule has 0 aliphatic heterocycles. The fourth-order valence-electron chi connectivity index (χ4n) is 0.827. The summed E-state index contributed by atoms with van der Waals surface area (Å²) in [6.07, 6.45) is 0.583. The van der Waals surface area contributed by atoms with Gasteiger partial charge in [-0.25, -0.2) is 4.39 Å². The molecule has 1 N–H and O–H groups in total. The Morgan fingerprint density at radius 3 is 2.82 bits per heavy atom. The summed E-state index contributed by atoms with van der Waals surface area (Å²) in [5, 5.41) is 9.17. The highest BCUT2D eigenvalue weighted by molar-refractivity contribution is 5.21. The highest BCUT2D eigenvalue weighted by Gasteiger charge is 2.01. The summed E-state index contributed by atoms with van der Waals surface area (Å²) in [5.74, 6) is -0.344. The van der Waals surface area contributed by atoms with E-state index in [9.17, 15) is 4.39 Å². The van der Waals surface area contributed by atoms with Crippen molar-refractivity contribution in [3.63, 3.8) is 0 Å². The van der Waals surface area contributed by atoms with Gasteiger partial charge in [-0.1, -0.05) is 18.2 Å². The zero-order valence-corrected chi connectivity index (χ0v) is 6.00. The van der Waals surface area contributed by atoms with Gasteiger partial charge < -0.3 is 5.11 Å². The van der Waals surface area contributed by atoms with Crippen LogP contribution in [0.4, 0.5) is 4.39 Å². The van der Waals surface area contributed by atoms with Crippen LogP contribution in [0.2, 0.25) is 0 Å². The molecular weight excluding hydrogens is 143 g/mol. The van der Waals surface area contributed by atoms with E-state index in [-0.39, 0.29) is 5.82 Å². The van der Waals surface area contributed by atoms with E-state index in [4.69, 9.17) is 5.11 Å². The Balaban J connectivity index is 2.95. The van der Waals surface area contributed by atoms with Crippen LogP contribution in [0.5, 0.6) is 0 Å². The summed E-state index contributed by atoms with van der Waals surface area (Å²) in [7, 11) is 0. The first-order valence-electron chi connectivity index (χ1n) is 3.30. The van der Waals surface area contributed by atoms with Gasteiger partial charge in [0.05, 0.1) is 6.10 Å². The maximum Gasteiger partial charge on any atom is 0.123 e. The summed E-state index contributed by atoms with van der Waals surface area (Å²) in [6.45, 7) is 3.39. The van der Waals surface area contributed by atoms with Gasteiger partial charge in [0.1, 0.15) is 5.82 Å². The third-order valence-electron chi connectivity index (χ3n) is 1.41. The first-order chi connectivity index (χ1) is 5.24. The van der Waals surface area contributed by atoms with Gasteiger partial charge in [-0.2, -0.15) is 0 Å². The molecule has 1 unspecified atom stereocenters. The van der Waals surface area contributed by atoms with Crippen molar-refractivity contribution in [1.82, 2.24) is 0 Å². The second-order valence-corrected chi connectivity index (χ2v) is 2.24. The molecule has 0 fully saturated rings. The molecular formula is C9H9FO. The quantitative estimate of drug-likeness (QED) is 0.643. The Bertz CT molecular complexity index is 257. The maximum absolute atomic E-state index is 12.5. The molecule has 11 heavy (non-hydrogen) atoms. The first kappa shape index (κ1) is 7.95. The zero-order chi connectivity index (χ0) is 8.27. The molecule has 0 saturated carbocycles. The Morgan fingerprint density at radius 1 is 1.55 bits per heavy atom. The number of benzene rings is 1. The summed E-state index contributed by atoms with van der Waals surface area (Å²) in [6, 6.07) is 5.82. The summed E-state index contributed by atoms with van der Waals surface area (Å²) in [4.78, 5) is 0. The Labute approximate surface area is 64.8 Å². The molecule has 1 atom stereocenters. The second kappa shape index (κ2) is 3.30. The number of halogens is 1. The van der Waals surface area contributed by atoms with Crippen LogP contribution in [0.15, 0.2) is 36.9 Å².